The van der Waals surface area contributed by atoms with E-state index in [-0.39, 0.29) is 17.6 Å². The molecule has 1 aliphatic heterocycles. The lowest BCUT2D eigenvalue weighted by Crippen LogP contribution is -2.47. The monoisotopic (exact) mass is 519 g/mol. The van der Waals surface area contributed by atoms with Crippen molar-refractivity contribution in [3.05, 3.63) is 78.1 Å². The molecule has 38 heavy (non-hydrogen) atoms. The first kappa shape index (κ1) is 26.8. The Morgan fingerprint density at radius 1 is 0.921 bits per heavy atom. The number of rotatable bonds is 8. The molecule has 3 aromatic rings. The second-order valence-corrected chi connectivity index (χ2v) is 9.22. The maximum absolute atomic E-state index is 13.9. The fraction of sp³-hybridized carbons (Fsp3) is 0.310. The quantitative estimate of drug-likeness (QED) is 0.374. The van der Waals surface area contributed by atoms with Gasteiger partial charge in [-0.05, 0) is 55.8 Å². The van der Waals surface area contributed by atoms with E-state index in [0.717, 1.165) is 36.6 Å². The number of carbonyl (C=O) groups is 2. The molecule has 3 amide bonds. The highest BCUT2D eigenvalue weighted by atomic mass is 19.1. The summed E-state index contributed by atoms with van der Waals surface area (Å²) in [6.45, 7) is 6.90. The Labute approximate surface area is 222 Å². The average Bonchev–Trinajstić information content (AvgIpc) is 2.94. The zero-order valence-corrected chi connectivity index (χ0v) is 22.0. The van der Waals surface area contributed by atoms with Crippen LogP contribution >= 0.6 is 0 Å². The van der Waals surface area contributed by atoms with Crippen molar-refractivity contribution in [2.75, 3.05) is 53.7 Å². The van der Waals surface area contributed by atoms with Gasteiger partial charge in [0.15, 0.2) is 0 Å². The van der Waals surface area contributed by atoms with Gasteiger partial charge in [-0.3, -0.25) is 4.79 Å². The molecular weight excluding hydrogens is 485 g/mol. The Bertz CT molecular complexity index is 1280. The highest BCUT2D eigenvalue weighted by molar-refractivity contribution is 6.04. The number of piperazine rings is 1. The average molecular weight is 520 g/mol. The molecular formula is C29H34FN5O3. The molecule has 1 aliphatic rings. The number of amides is 3. The van der Waals surface area contributed by atoms with Crippen molar-refractivity contribution >= 4 is 34.7 Å². The summed E-state index contributed by atoms with van der Waals surface area (Å²) >= 11 is 0. The van der Waals surface area contributed by atoms with Crippen LogP contribution in [-0.2, 0) is 0 Å². The Morgan fingerprint density at radius 2 is 1.58 bits per heavy atom. The molecule has 0 saturated carbocycles. The number of carbonyl (C=O) groups excluding carboxylic acids is 2. The summed E-state index contributed by atoms with van der Waals surface area (Å²) in [6, 6.07) is 18.6. The number of benzene rings is 3. The van der Waals surface area contributed by atoms with Gasteiger partial charge in [-0.2, -0.15) is 0 Å². The Kier molecular flexibility index (Phi) is 8.68. The molecule has 1 unspecified atom stereocenters. The number of nitrogens with zero attached hydrogens (tertiary/aromatic N) is 2. The van der Waals surface area contributed by atoms with E-state index >= 15 is 0 Å². The number of nitrogens with one attached hydrogen (secondary N) is 3. The van der Waals surface area contributed by atoms with Crippen LogP contribution in [0.2, 0.25) is 0 Å². The fourth-order valence-electron chi connectivity index (χ4n) is 4.40. The first-order chi connectivity index (χ1) is 18.4. The molecule has 0 aliphatic carbocycles. The molecule has 0 spiro atoms. The summed E-state index contributed by atoms with van der Waals surface area (Å²) in [5, 5.41) is 8.25. The fourth-order valence-corrected chi connectivity index (χ4v) is 4.40. The molecule has 0 aromatic heterocycles. The third kappa shape index (κ3) is 6.34. The van der Waals surface area contributed by atoms with Gasteiger partial charge in [-0.25, -0.2) is 9.18 Å². The summed E-state index contributed by atoms with van der Waals surface area (Å²) < 4.78 is 19.5. The normalized spacial score (nSPS) is 14.0. The minimum absolute atomic E-state index is 0.00119. The second-order valence-electron chi connectivity index (χ2n) is 9.22. The van der Waals surface area contributed by atoms with Crippen LogP contribution in [0.25, 0.3) is 0 Å². The Hall–Kier alpha value is -4.27. The zero-order chi connectivity index (χ0) is 27.1. The van der Waals surface area contributed by atoms with E-state index in [1.165, 1.54) is 12.1 Å². The van der Waals surface area contributed by atoms with E-state index in [1.54, 1.807) is 31.4 Å². The first-order valence-electron chi connectivity index (χ1n) is 12.8. The van der Waals surface area contributed by atoms with E-state index in [1.807, 2.05) is 44.2 Å². The van der Waals surface area contributed by atoms with Gasteiger partial charge in [0.1, 0.15) is 11.6 Å². The summed E-state index contributed by atoms with van der Waals surface area (Å²) in [5.41, 5.74) is 2.82. The minimum atomic E-state index is -0.596. The number of methoxy groups -OCH3 is 1. The Morgan fingerprint density at radius 3 is 2.26 bits per heavy atom. The van der Waals surface area contributed by atoms with Crippen LogP contribution in [0.3, 0.4) is 0 Å². The molecule has 200 valence electrons. The smallest absolute Gasteiger partial charge is 0.323 e. The van der Waals surface area contributed by atoms with Gasteiger partial charge in [-0.1, -0.05) is 31.2 Å². The van der Waals surface area contributed by atoms with Gasteiger partial charge in [0.05, 0.1) is 24.0 Å². The van der Waals surface area contributed by atoms with E-state index < -0.39 is 11.8 Å². The molecule has 1 fully saturated rings. The van der Waals surface area contributed by atoms with Gasteiger partial charge in [-0.15, -0.1) is 0 Å². The maximum Gasteiger partial charge on any atom is 0.323 e. The van der Waals surface area contributed by atoms with E-state index in [2.05, 4.69) is 25.8 Å². The highest BCUT2D eigenvalue weighted by Gasteiger charge is 2.24. The number of hydrogen-bond acceptors (Lipinski definition) is 5. The number of halogens is 1. The lowest BCUT2D eigenvalue weighted by Gasteiger charge is -2.38. The van der Waals surface area contributed by atoms with Gasteiger partial charge in [0.25, 0.3) is 5.91 Å². The molecule has 3 N–H and O–H groups in total. The topological polar surface area (TPSA) is 85.9 Å². The van der Waals surface area contributed by atoms with Gasteiger partial charge < -0.3 is 30.5 Å². The summed E-state index contributed by atoms with van der Waals surface area (Å²) in [4.78, 5) is 30.3. The van der Waals surface area contributed by atoms with Crippen LogP contribution in [0.15, 0.2) is 66.7 Å². The SMILES string of the molecule is CCC(C)NC(=O)c1cc(NC(=O)Nc2ccccc2F)ccc1N1CCN(c2ccccc2OC)CC1. The number of ether oxygens (including phenoxy) is 1. The van der Waals surface area contributed by atoms with Crippen LogP contribution in [0.1, 0.15) is 30.6 Å². The largest absolute Gasteiger partial charge is 0.495 e. The van der Waals surface area contributed by atoms with Gasteiger partial charge in [0, 0.05) is 43.6 Å². The predicted octanol–water partition coefficient (Wildman–Crippen LogP) is 5.33. The van der Waals surface area contributed by atoms with E-state index in [9.17, 15) is 14.0 Å². The van der Waals surface area contributed by atoms with Crippen molar-refractivity contribution in [2.45, 2.75) is 26.3 Å². The van der Waals surface area contributed by atoms with Crippen LogP contribution in [-0.4, -0.2) is 51.3 Å². The van der Waals surface area contributed by atoms with Crippen LogP contribution in [0.4, 0.5) is 31.9 Å². The standard InChI is InChI=1S/C29H34FN5O3/c1-4-20(2)31-28(36)22-19-21(32-29(37)33-24-10-6-5-9-23(24)30)13-14-25(22)34-15-17-35(18-16-34)26-11-7-8-12-27(26)38-3/h5-14,19-20H,4,15-18H2,1-3H3,(H,31,36)(H2,32,33,37). The van der Waals surface area contributed by atoms with Crippen molar-refractivity contribution in [3.8, 4) is 5.75 Å². The van der Waals surface area contributed by atoms with Crippen LogP contribution in [0.5, 0.6) is 5.75 Å². The van der Waals surface area contributed by atoms with Crippen molar-refractivity contribution < 1.29 is 18.7 Å². The highest BCUT2D eigenvalue weighted by Crippen LogP contribution is 2.31. The molecule has 1 heterocycles. The zero-order valence-electron chi connectivity index (χ0n) is 22.0. The second kappa shape index (κ2) is 12.3. The minimum Gasteiger partial charge on any atom is -0.495 e. The van der Waals surface area contributed by atoms with Crippen molar-refractivity contribution in [1.29, 1.82) is 0 Å². The Balaban J connectivity index is 1.52. The number of hydrogen-bond donors (Lipinski definition) is 3. The number of anilines is 4. The van der Waals surface area contributed by atoms with E-state index in [0.29, 0.717) is 24.3 Å². The molecule has 4 rings (SSSR count). The lowest BCUT2D eigenvalue weighted by atomic mass is 10.1. The molecule has 8 nitrogen and oxygen atoms in total. The third-order valence-corrected chi connectivity index (χ3v) is 6.66. The molecule has 1 saturated heterocycles. The third-order valence-electron chi connectivity index (χ3n) is 6.66. The van der Waals surface area contributed by atoms with E-state index in [4.69, 9.17) is 4.74 Å². The summed E-state index contributed by atoms with van der Waals surface area (Å²) in [7, 11) is 1.67. The van der Waals surface area contributed by atoms with Gasteiger partial charge >= 0.3 is 6.03 Å². The van der Waals surface area contributed by atoms with Crippen LogP contribution in [0, 0.1) is 5.82 Å². The van der Waals surface area contributed by atoms with Crippen molar-refractivity contribution in [3.63, 3.8) is 0 Å². The summed E-state index contributed by atoms with van der Waals surface area (Å²) in [6.07, 6.45) is 0.793. The molecule has 3 aromatic carbocycles. The molecule has 9 heteroatoms. The van der Waals surface area contributed by atoms with Gasteiger partial charge in [0.2, 0.25) is 0 Å². The molecule has 0 radical (unpaired) electrons. The number of para-hydroxylation sites is 3. The maximum atomic E-state index is 13.9. The number of urea groups is 1. The van der Waals surface area contributed by atoms with Crippen molar-refractivity contribution in [2.24, 2.45) is 0 Å². The van der Waals surface area contributed by atoms with Crippen LogP contribution < -0.4 is 30.5 Å². The predicted molar refractivity (Wildman–Crippen MR) is 150 cm³/mol. The first-order valence-corrected chi connectivity index (χ1v) is 12.8. The van der Waals surface area contributed by atoms with Crippen molar-refractivity contribution in [1.82, 2.24) is 5.32 Å². The molecule has 0 bridgehead atoms. The summed E-state index contributed by atoms with van der Waals surface area (Å²) in [5.74, 6) is 0.0946. The lowest BCUT2D eigenvalue weighted by molar-refractivity contribution is 0.0939. The molecule has 1 atom stereocenters.